The number of anilines is 6. The van der Waals surface area contributed by atoms with Gasteiger partial charge < -0.3 is 14.4 Å². The van der Waals surface area contributed by atoms with E-state index in [-0.39, 0.29) is 40.8 Å². The SMILES string of the molecule is [2H]c1c([2H])c(N(c2ccccc2)c2ccc3c(c2)C(C)(C)c2ccccc2-3)c([2H])c([2H])c1-c1ccc2cc(N(c3ccc4ccccc4c3)c3ccc4c5ccccc5n(-c5ccccc5)c4c3)ccc2c1. The average Bonchev–Trinajstić information content (AvgIpc) is 3.87. The molecule has 1 aromatic heterocycles. The third-order valence-electron chi connectivity index (χ3n) is 14.0. The van der Waals surface area contributed by atoms with Crippen molar-refractivity contribution in [1.82, 2.24) is 4.57 Å². The summed E-state index contributed by atoms with van der Waals surface area (Å²) in [6, 6.07) is 77.4. The van der Waals surface area contributed by atoms with Gasteiger partial charge in [-0.1, -0.05) is 165 Å². The molecule has 11 aromatic carbocycles. The summed E-state index contributed by atoms with van der Waals surface area (Å²) in [5.41, 5.74) is 13.5. The molecule has 0 fully saturated rings. The van der Waals surface area contributed by atoms with Crippen molar-refractivity contribution in [2.24, 2.45) is 0 Å². The Kier molecular flexibility index (Phi) is 8.24. The van der Waals surface area contributed by atoms with Crippen molar-refractivity contribution in [3.63, 3.8) is 0 Å². The molecule has 12 aromatic rings. The Morgan fingerprint density at radius 1 is 0.353 bits per heavy atom. The fourth-order valence-corrected chi connectivity index (χ4v) is 10.6. The molecule has 3 nitrogen and oxygen atoms in total. The van der Waals surface area contributed by atoms with E-state index in [0.29, 0.717) is 5.56 Å². The maximum Gasteiger partial charge on any atom is 0.0645 e. The molecule has 0 saturated heterocycles. The van der Waals surface area contributed by atoms with Gasteiger partial charge in [-0.2, -0.15) is 0 Å². The van der Waals surface area contributed by atoms with Crippen LogP contribution < -0.4 is 9.80 Å². The van der Waals surface area contributed by atoms with Crippen LogP contribution in [-0.4, -0.2) is 4.57 Å². The van der Waals surface area contributed by atoms with Crippen molar-refractivity contribution < 1.29 is 5.48 Å². The Balaban J connectivity index is 0.922. The van der Waals surface area contributed by atoms with E-state index in [1.807, 2.05) is 59.5 Å². The Hall–Kier alpha value is -8.66. The molecule has 0 atom stereocenters. The van der Waals surface area contributed by atoms with Gasteiger partial charge >= 0.3 is 0 Å². The van der Waals surface area contributed by atoms with Gasteiger partial charge in [-0.25, -0.2) is 0 Å². The molecular formula is C65H47N3. The highest BCUT2D eigenvalue weighted by atomic mass is 15.1. The number of benzene rings is 11. The number of hydrogen-bond donors (Lipinski definition) is 0. The maximum absolute atomic E-state index is 9.65. The Bertz CT molecular complexity index is 4110. The minimum Gasteiger partial charge on any atom is -0.310 e. The number of fused-ring (bicyclic) bond motifs is 8. The maximum atomic E-state index is 9.65. The molecule has 3 heteroatoms. The summed E-state index contributed by atoms with van der Waals surface area (Å²) in [7, 11) is 0. The first-order valence-corrected chi connectivity index (χ1v) is 23.3. The summed E-state index contributed by atoms with van der Waals surface area (Å²) < 4.78 is 40.8. The first-order chi connectivity index (χ1) is 35.1. The standard InChI is InChI=1S/C65H47N3/c1-65(2)61-23-13-11-21-57(61)58-37-35-55(42-62(58)65)66(50-17-5-3-6-18-50)52-31-27-45(28-32-52)47-25-26-49-41-54(34-30-48(49)39-47)67(53-33-29-44-15-9-10-16-46(44)40-53)56-36-38-60-59-22-12-14-24-63(59)68(64(60)43-56)51-19-7-4-8-20-51/h3-43H,1-2H3/i27D,28D,31D,32D. The van der Waals surface area contributed by atoms with E-state index in [9.17, 15) is 5.48 Å². The van der Waals surface area contributed by atoms with Gasteiger partial charge in [0.2, 0.25) is 0 Å². The highest BCUT2D eigenvalue weighted by molar-refractivity contribution is 6.10. The molecule has 0 unspecified atom stereocenters. The van der Waals surface area contributed by atoms with Gasteiger partial charge in [-0.3, -0.25) is 0 Å². The molecule has 0 saturated carbocycles. The van der Waals surface area contributed by atoms with Gasteiger partial charge in [0.1, 0.15) is 0 Å². The topological polar surface area (TPSA) is 11.4 Å². The lowest BCUT2D eigenvalue weighted by Crippen LogP contribution is -2.16. The molecule has 0 N–H and O–H groups in total. The van der Waals surface area contributed by atoms with E-state index >= 15 is 0 Å². The molecule has 0 aliphatic heterocycles. The minimum absolute atomic E-state index is 0.0948. The van der Waals surface area contributed by atoms with Gasteiger partial charge in [0, 0.05) is 56.0 Å². The second kappa shape index (κ2) is 15.8. The lowest BCUT2D eigenvalue weighted by atomic mass is 9.82. The van der Waals surface area contributed by atoms with Crippen molar-refractivity contribution >= 4 is 77.5 Å². The Morgan fingerprint density at radius 2 is 0.897 bits per heavy atom. The summed E-state index contributed by atoms with van der Waals surface area (Å²) in [6.07, 6.45) is 0. The largest absolute Gasteiger partial charge is 0.310 e. The van der Waals surface area contributed by atoms with E-state index in [0.717, 1.165) is 72.4 Å². The third kappa shape index (κ3) is 6.50. The average molecular weight is 874 g/mol. The molecule has 1 aliphatic rings. The molecular weight excluding hydrogens is 823 g/mol. The molecule has 0 amide bonds. The van der Waals surface area contributed by atoms with Gasteiger partial charge in [0.05, 0.1) is 16.5 Å². The predicted molar refractivity (Wildman–Crippen MR) is 288 cm³/mol. The lowest BCUT2D eigenvalue weighted by molar-refractivity contribution is 0.660. The molecule has 68 heavy (non-hydrogen) atoms. The van der Waals surface area contributed by atoms with Crippen LogP contribution in [0.25, 0.3) is 71.3 Å². The zero-order valence-corrected chi connectivity index (χ0v) is 37.7. The van der Waals surface area contributed by atoms with Crippen LogP contribution in [0, 0.1) is 0 Å². The fourth-order valence-electron chi connectivity index (χ4n) is 10.6. The zero-order chi connectivity index (χ0) is 48.8. The smallest absolute Gasteiger partial charge is 0.0645 e. The normalized spacial score (nSPS) is 13.5. The van der Waals surface area contributed by atoms with Crippen LogP contribution in [0.3, 0.4) is 0 Å². The van der Waals surface area contributed by atoms with Crippen LogP contribution in [0.2, 0.25) is 0 Å². The molecule has 1 aliphatic carbocycles. The Labute approximate surface area is 402 Å². The van der Waals surface area contributed by atoms with Crippen molar-refractivity contribution in [3.8, 4) is 27.9 Å². The van der Waals surface area contributed by atoms with Crippen LogP contribution in [0.4, 0.5) is 34.1 Å². The van der Waals surface area contributed by atoms with Crippen LogP contribution in [-0.2, 0) is 5.41 Å². The summed E-state index contributed by atoms with van der Waals surface area (Å²) in [5, 5.41) is 6.58. The molecule has 0 spiro atoms. The number of para-hydroxylation sites is 3. The number of rotatable bonds is 8. The molecule has 322 valence electrons. The van der Waals surface area contributed by atoms with Gasteiger partial charge in [-0.05, 0) is 152 Å². The summed E-state index contributed by atoms with van der Waals surface area (Å²) >= 11 is 0. The van der Waals surface area contributed by atoms with E-state index in [1.165, 1.54) is 27.3 Å². The van der Waals surface area contributed by atoms with Crippen LogP contribution in [0.1, 0.15) is 30.5 Å². The van der Waals surface area contributed by atoms with Gasteiger partial charge in [0.25, 0.3) is 0 Å². The number of hydrogen-bond acceptors (Lipinski definition) is 2. The van der Waals surface area contributed by atoms with Gasteiger partial charge in [0.15, 0.2) is 0 Å². The minimum atomic E-state index is -0.270. The summed E-state index contributed by atoms with van der Waals surface area (Å²) in [4.78, 5) is 4.19. The summed E-state index contributed by atoms with van der Waals surface area (Å²) in [5.74, 6) is 0. The second-order valence-electron chi connectivity index (χ2n) is 18.3. The Morgan fingerprint density at radius 3 is 1.71 bits per heavy atom. The quantitative estimate of drug-likeness (QED) is 0.151. The lowest BCUT2D eigenvalue weighted by Gasteiger charge is -2.28. The monoisotopic (exact) mass is 873 g/mol. The van der Waals surface area contributed by atoms with E-state index in [1.54, 1.807) is 0 Å². The van der Waals surface area contributed by atoms with Crippen LogP contribution in [0.5, 0.6) is 0 Å². The van der Waals surface area contributed by atoms with Crippen molar-refractivity contribution in [2.45, 2.75) is 19.3 Å². The first kappa shape index (κ1) is 35.6. The third-order valence-corrected chi connectivity index (χ3v) is 14.0. The second-order valence-corrected chi connectivity index (χ2v) is 18.3. The van der Waals surface area contributed by atoms with Crippen LogP contribution >= 0.6 is 0 Å². The number of nitrogens with zero attached hydrogens (tertiary/aromatic N) is 3. The van der Waals surface area contributed by atoms with Crippen LogP contribution in [0.15, 0.2) is 249 Å². The van der Waals surface area contributed by atoms with Crippen molar-refractivity contribution in [2.75, 3.05) is 9.80 Å². The van der Waals surface area contributed by atoms with E-state index in [4.69, 9.17) is 0 Å². The molecule has 0 radical (unpaired) electrons. The fraction of sp³-hybridized carbons (Fsp3) is 0.0462. The zero-order valence-electron chi connectivity index (χ0n) is 41.7. The van der Waals surface area contributed by atoms with Gasteiger partial charge in [-0.15, -0.1) is 0 Å². The molecule has 0 bridgehead atoms. The first-order valence-electron chi connectivity index (χ1n) is 25.3. The molecule has 13 rings (SSSR count). The van der Waals surface area contributed by atoms with Crippen molar-refractivity contribution in [3.05, 3.63) is 260 Å². The van der Waals surface area contributed by atoms with Crippen molar-refractivity contribution in [1.29, 1.82) is 0 Å². The van der Waals surface area contributed by atoms with E-state index in [2.05, 4.69) is 193 Å². The number of aromatic nitrogens is 1. The predicted octanol–water partition coefficient (Wildman–Crippen LogP) is 18.0. The molecule has 1 heterocycles. The highest BCUT2D eigenvalue weighted by Gasteiger charge is 2.35. The van der Waals surface area contributed by atoms with E-state index < -0.39 is 0 Å². The highest BCUT2D eigenvalue weighted by Crippen LogP contribution is 2.51. The summed E-state index contributed by atoms with van der Waals surface area (Å²) in [6.45, 7) is 4.47.